The Hall–Kier alpha value is -2.68. The Morgan fingerprint density at radius 2 is 1.83 bits per heavy atom. The van der Waals surface area contributed by atoms with Crippen molar-refractivity contribution in [3.8, 4) is 0 Å². The molecule has 7 nitrogen and oxygen atoms in total. The Morgan fingerprint density at radius 1 is 1.10 bits per heavy atom. The van der Waals surface area contributed by atoms with E-state index in [1.807, 2.05) is 18.2 Å². The fourth-order valence-corrected chi connectivity index (χ4v) is 5.59. The Morgan fingerprint density at radius 3 is 2.52 bits per heavy atom. The summed E-state index contributed by atoms with van der Waals surface area (Å²) in [5, 5.41) is 9.70. The number of rotatable bonds is 5. The molecular weight excluding hydrogens is 392 g/mol. The van der Waals surface area contributed by atoms with Gasteiger partial charge in [0, 0.05) is 18.5 Å². The van der Waals surface area contributed by atoms with Crippen molar-refractivity contribution in [2.45, 2.75) is 24.2 Å². The van der Waals surface area contributed by atoms with Crippen LogP contribution < -0.4 is 5.48 Å². The van der Waals surface area contributed by atoms with Gasteiger partial charge in [-0.1, -0.05) is 30.3 Å². The van der Waals surface area contributed by atoms with Gasteiger partial charge < -0.3 is 4.42 Å². The number of hydrogen-bond acceptors (Lipinski definition) is 5. The molecule has 0 aliphatic carbocycles. The van der Waals surface area contributed by atoms with Crippen LogP contribution in [0.2, 0.25) is 0 Å². The van der Waals surface area contributed by atoms with E-state index in [0.717, 1.165) is 19.3 Å². The Balaban J connectivity index is 1.57. The van der Waals surface area contributed by atoms with E-state index >= 15 is 0 Å². The summed E-state index contributed by atoms with van der Waals surface area (Å²) in [4.78, 5) is 12.1. The summed E-state index contributed by atoms with van der Waals surface area (Å²) < 4.78 is 33.3. The zero-order chi connectivity index (χ0) is 20.4. The minimum atomic E-state index is -3.91. The third-order valence-electron chi connectivity index (χ3n) is 5.47. The molecule has 0 atom stereocenters. The number of hydrogen-bond donors (Lipinski definition) is 2. The van der Waals surface area contributed by atoms with Crippen molar-refractivity contribution in [3.63, 3.8) is 0 Å². The molecule has 152 valence electrons. The van der Waals surface area contributed by atoms with Crippen molar-refractivity contribution in [3.05, 3.63) is 65.9 Å². The maximum Gasteiger partial charge on any atom is 0.279 e. The zero-order valence-electron chi connectivity index (χ0n) is 15.7. The maximum atomic E-state index is 13.3. The summed E-state index contributed by atoms with van der Waals surface area (Å²) in [6.07, 6.45) is 3.80. The quantitative estimate of drug-likeness (QED) is 0.493. The molecule has 2 heterocycles. The van der Waals surface area contributed by atoms with Crippen LogP contribution in [0.15, 0.2) is 64.1 Å². The molecule has 2 N–H and O–H groups in total. The molecule has 1 aromatic heterocycles. The van der Waals surface area contributed by atoms with Crippen molar-refractivity contribution in [2.75, 3.05) is 13.1 Å². The molecule has 0 spiro atoms. The van der Waals surface area contributed by atoms with Crippen LogP contribution in [0.1, 0.15) is 28.8 Å². The second-order valence-corrected chi connectivity index (χ2v) is 9.16. The summed E-state index contributed by atoms with van der Waals surface area (Å²) in [7, 11) is -3.91. The number of fused-ring (bicyclic) bond motifs is 1. The van der Waals surface area contributed by atoms with Crippen LogP contribution in [0.3, 0.4) is 0 Å². The van der Waals surface area contributed by atoms with Crippen LogP contribution in [0.4, 0.5) is 0 Å². The number of nitrogens with one attached hydrogen (secondary N) is 1. The molecule has 3 aromatic rings. The first-order chi connectivity index (χ1) is 14.0. The standard InChI is InChI=1S/C21H22N2O5S/c24-21(22-25)19-18(7-6-17-10-13-28-20(17)19)29(26,27)23-11-8-16(9-12-23)14-15-4-2-1-3-5-15/h1-7,10,13,16,25H,8-9,11-12,14H2,(H,22,24). The number of piperidine rings is 1. The first-order valence-corrected chi connectivity index (χ1v) is 10.9. The molecule has 0 unspecified atom stereocenters. The summed E-state index contributed by atoms with van der Waals surface area (Å²) in [6.45, 7) is 0.770. The van der Waals surface area contributed by atoms with Gasteiger partial charge in [0.1, 0.15) is 11.1 Å². The number of furan rings is 1. The molecule has 0 radical (unpaired) electrons. The van der Waals surface area contributed by atoms with Gasteiger partial charge in [0.05, 0.1) is 11.2 Å². The van der Waals surface area contributed by atoms with Gasteiger partial charge in [-0.25, -0.2) is 13.9 Å². The third kappa shape index (κ3) is 3.78. The van der Waals surface area contributed by atoms with Gasteiger partial charge in [0.2, 0.25) is 10.0 Å². The van der Waals surface area contributed by atoms with E-state index in [4.69, 9.17) is 9.62 Å². The van der Waals surface area contributed by atoms with Gasteiger partial charge in [-0.3, -0.25) is 10.0 Å². The monoisotopic (exact) mass is 414 g/mol. The van der Waals surface area contributed by atoms with Crippen LogP contribution in [-0.2, 0) is 16.4 Å². The Bertz CT molecular complexity index is 1120. The normalized spacial score (nSPS) is 16.2. The smallest absolute Gasteiger partial charge is 0.279 e. The van der Waals surface area contributed by atoms with E-state index in [-0.39, 0.29) is 16.0 Å². The Kier molecular flexibility index (Phi) is 5.40. The molecule has 1 aliphatic heterocycles. The van der Waals surface area contributed by atoms with Gasteiger partial charge in [-0.05, 0) is 48.9 Å². The number of nitrogens with zero attached hydrogens (tertiary/aromatic N) is 1. The minimum absolute atomic E-state index is 0.136. The average Bonchev–Trinajstić information content (AvgIpc) is 3.22. The Labute approximate surface area is 168 Å². The van der Waals surface area contributed by atoms with Gasteiger partial charge in [-0.15, -0.1) is 0 Å². The highest BCUT2D eigenvalue weighted by molar-refractivity contribution is 7.89. The fourth-order valence-electron chi connectivity index (χ4n) is 3.94. The van der Waals surface area contributed by atoms with Crippen LogP contribution >= 0.6 is 0 Å². The van der Waals surface area contributed by atoms with Crippen LogP contribution in [0.5, 0.6) is 0 Å². The lowest BCUT2D eigenvalue weighted by Gasteiger charge is -2.31. The number of benzene rings is 2. The number of hydroxylamine groups is 1. The second kappa shape index (κ2) is 7.98. The maximum absolute atomic E-state index is 13.3. The topological polar surface area (TPSA) is 99.8 Å². The summed E-state index contributed by atoms with van der Waals surface area (Å²) in [6, 6.07) is 14.8. The third-order valence-corrected chi connectivity index (χ3v) is 7.41. The molecule has 4 rings (SSSR count). The molecule has 1 fully saturated rings. The molecule has 8 heteroatoms. The summed E-state index contributed by atoms with van der Waals surface area (Å²) >= 11 is 0. The number of carbonyl (C=O) groups excluding carboxylic acids is 1. The summed E-state index contributed by atoms with van der Waals surface area (Å²) in [5.74, 6) is -0.500. The minimum Gasteiger partial charge on any atom is -0.463 e. The second-order valence-electron chi connectivity index (χ2n) is 7.26. The molecule has 0 bridgehead atoms. The van der Waals surface area contributed by atoms with Crippen LogP contribution in [-0.4, -0.2) is 36.9 Å². The lowest BCUT2D eigenvalue weighted by atomic mass is 9.91. The highest BCUT2D eigenvalue weighted by atomic mass is 32.2. The van der Waals surface area contributed by atoms with E-state index in [9.17, 15) is 13.2 Å². The van der Waals surface area contributed by atoms with Crippen molar-refractivity contribution >= 4 is 26.9 Å². The van der Waals surface area contributed by atoms with Crippen molar-refractivity contribution in [1.29, 1.82) is 0 Å². The molecule has 1 aliphatic rings. The van der Waals surface area contributed by atoms with Gasteiger partial charge in [0.25, 0.3) is 5.91 Å². The number of amides is 1. The highest BCUT2D eigenvalue weighted by Gasteiger charge is 2.34. The van der Waals surface area contributed by atoms with E-state index < -0.39 is 15.9 Å². The average molecular weight is 414 g/mol. The van der Waals surface area contributed by atoms with E-state index in [1.165, 1.54) is 27.7 Å². The zero-order valence-corrected chi connectivity index (χ0v) is 16.6. The SMILES string of the molecule is O=C(NO)c1c(S(=O)(=O)N2CCC(Cc3ccccc3)CC2)ccc2ccoc12. The highest BCUT2D eigenvalue weighted by Crippen LogP contribution is 2.31. The van der Waals surface area contributed by atoms with Crippen molar-refractivity contribution in [2.24, 2.45) is 5.92 Å². The van der Waals surface area contributed by atoms with Gasteiger partial charge in [0.15, 0.2) is 0 Å². The number of carbonyl (C=O) groups is 1. The van der Waals surface area contributed by atoms with E-state index in [0.29, 0.717) is 24.4 Å². The first-order valence-electron chi connectivity index (χ1n) is 9.49. The lowest BCUT2D eigenvalue weighted by molar-refractivity contribution is 0.0703. The van der Waals surface area contributed by atoms with Gasteiger partial charge in [-0.2, -0.15) is 4.31 Å². The van der Waals surface area contributed by atoms with Crippen molar-refractivity contribution in [1.82, 2.24) is 9.79 Å². The molecular formula is C21H22N2O5S. The lowest BCUT2D eigenvalue weighted by Crippen LogP contribution is -2.39. The largest absolute Gasteiger partial charge is 0.463 e. The van der Waals surface area contributed by atoms with Gasteiger partial charge >= 0.3 is 0 Å². The fraction of sp³-hybridized carbons (Fsp3) is 0.286. The van der Waals surface area contributed by atoms with Crippen molar-refractivity contribution < 1.29 is 22.8 Å². The van der Waals surface area contributed by atoms with E-state index in [1.54, 1.807) is 12.1 Å². The van der Waals surface area contributed by atoms with Crippen LogP contribution in [0.25, 0.3) is 11.0 Å². The van der Waals surface area contributed by atoms with E-state index in [2.05, 4.69) is 12.1 Å². The molecule has 29 heavy (non-hydrogen) atoms. The predicted octanol–water partition coefficient (Wildman–Crippen LogP) is 3.20. The molecule has 0 saturated carbocycles. The summed E-state index contributed by atoms with van der Waals surface area (Å²) in [5.41, 5.74) is 2.74. The van der Waals surface area contributed by atoms with Crippen LogP contribution in [0, 0.1) is 5.92 Å². The molecule has 2 aromatic carbocycles. The molecule has 1 amide bonds. The molecule has 1 saturated heterocycles. The first kappa shape index (κ1) is 19.6. The predicted molar refractivity (Wildman–Crippen MR) is 107 cm³/mol. The number of sulfonamides is 1.